The van der Waals surface area contributed by atoms with Crippen LogP contribution in [-0.2, 0) is 4.74 Å². The van der Waals surface area contributed by atoms with Crippen molar-refractivity contribution in [2.75, 3.05) is 29.7 Å². The van der Waals surface area contributed by atoms with Crippen LogP contribution in [0.3, 0.4) is 0 Å². The van der Waals surface area contributed by atoms with E-state index < -0.39 is 17.8 Å². The Balaban J connectivity index is 2.72. The monoisotopic (exact) mass is 314 g/mol. The third-order valence-corrected chi connectivity index (χ3v) is 2.98. The van der Waals surface area contributed by atoms with E-state index in [1.165, 1.54) is 4.90 Å². The number of carbonyl (C=O) groups excluding carboxylic acids is 1. The highest BCUT2D eigenvalue weighted by Crippen LogP contribution is 2.20. The van der Waals surface area contributed by atoms with Crippen molar-refractivity contribution in [1.29, 1.82) is 0 Å². The molecule has 0 heterocycles. The van der Waals surface area contributed by atoms with Gasteiger partial charge >= 0.3 is 6.09 Å². The molecule has 6 heteroatoms. The summed E-state index contributed by atoms with van der Waals surface area (Å²) in [6.45, 7) is 5.82. The van der Waals surface area contributed by atoms with Crippen LogP contribution in [0.15, 0.2) is 24.3 Å². The number of ether oxygens (including phenoxy) is 1. The highest BCUT2D eigenvalue weighted by molar-refractivity contribution is 6.18. The Morgan fingerprint density at radius 2 is 2.14 bits per heavy atom. The van der Waals surface area contributed by atoms with Gasteiger partial charge in [0.2, 0.25) is 0 Å². The number of rotatable bonds is 5. The van der Waals surface area contributed by atoms with Crippen molar-refractivity contribution in [3.63, 3.8) is 0 Å². The predicted molar refractivity (Wildman–Crippen MR) is 86.3 cm³/mol. The lowest BCUT2D eigenvalue weighted by molar-refractivity contribution is 0.0589. The van der Waals surface area contributed by atoms with Gasteiger partial charge in [0.25, 0.3) is 0 Å². The molecule has 5 nitrogen and oxygen atoms in total. The Bertz CT molecular complexity index is 474. The summed E-state index contributed by atoms with van der Waals surface area (Å²) in [5.74, 6) is 0.171. The van der Waals surface area contributed by atoms with Crippen LogP contribution in [0.4, 0.5) is 16.2 Å². The fourth-order valence-electron chi connectivity index (χ4n) is 1.55. The minimum absolute atomic E-state index is 0.171. The van der Waals surface area contributed by atoms with Crippen LogP contribution >= 0.6 is 11.6 Å². The molecule has 118 valence electrons. The van der Waals surface area contributed by atoms with Gasteiger partial charge in [-0.05, 0) is 39.0 Å². The van der Waals surface area contributed by atoms with E-state index in [9.17, 15) is 9.90 Å². The molecule has 0 aliphatic carbocycles. The molecule has 0 aromatic heterocycles. The average molecular weight is 315 g/mol. The van der Waals surface area contributed by atoms with Crippen molar-refractivity contribution in [2.45, 2.75) is 32.5 Å². The van der Waals surface area contributed by atoms with Gasteiger partial charge in [0.05, 0.1) is 12.0 Å². The number of carbonyl (C=O) groups is 1. The molecule has 0 radical (unpaired) electrons. The minimum Gasteiger partial charge on any atom is -0.443 e. The number of aliphatic hydroxyl groups is 1. The molecule has 0 spiro atoms. The van der Waals surface area contributed by atoms with Crippen molar-refractivity contribution in [3.05, 3.63) is 24.3 Å². The fourth-order valence-corrected chi connectivity index (χ4v) is 1.66. The summed E-state index contributed by atoms with van der Waals surface area (Å²) in [5, 5.41) is 12.5. The molecule has 1 aromatic carbocycles. The molecule has 21 heavy (non-hydrogen) atoms. The molecule has 1 amide bonds. The van der Waals surface area contributed by atoms with Crippen molar-refractivity contribution < 1.29 is 14.6 Å². The summed E-state index contributed by atoms with van der Waals surface area (Å²) in [7, 11) is 1.65. The van der Waals surface area contributed by atoms with E-state index in [0.29, 0.717) is 12.2 Å². The topological polar surface area (TPSA) is 61.8 Å². The van der Waals surface area contributed by atoms with Crippen LogP contribution in [0.5, 0.6) is 0 Å². The SMILES string of the molecule is CN(C(=O)OC(C)(C)C)c1cccc(NCC(O)CCl)c1. The highest BCUT2D eigenvalue weighted by atomic mass is 35.5. The average Bonchev–Trinajstić information content (AvgIpc) is 2.42. The molecule has 0 aliphatic heterocycles. The third-order valence-electron chi connectivity index (χ3n) is 2.62. The zero-order valence-corrected chi connectivity index (χ0v) is 13.6. The predicted octanol–water partition coefficient (Wildman–Crippen LogP) is 3.07. The highest BCUT2D eigenvalue weighted by Gasteiger charge is 2.20. The van der Waals surface area contributed by atoms with E-state index >= 15 is 0 Å². The number of aliphatic hydroxyl groups excluding tert-OH is 1. The smallest absolute Gasteiger partial charge is 0.414 e. The van der Waals surface area contributed by atoms with E-state index in [4.69, 9.17) is 16.3 Å². The van der Waals surface area contributed by atoms with Gasteiger partial charge in [-0.25, -0.2) is 4.79 Å². The Morgan fingerprint density at radius 1 is 1.48 bits per heavy atom. The summed E-state index contributed by atoms with van der Waals surface area (Å²) in [4.78, 5) is 13.4. The van der Waals surface area contributed by atoms with E-state index in [1.807, 2.05) is 45.0 Å². The first-order valence-corrected chi connectivity index (χ1v) is 7.31. The van der Waals surface area contributed by atoms with Gasteiger partial charge in [-0.15, -0.1) is 11.6 Å². The first-order valence-electron chi connectivity index (χ1n) is 6.77. The Morgan fingerprint density at radius 3 is 2.71 bits per heavy atom. The maximum Gasteiger partial charge on any atom is 0.414 e. The molecule has 0 bridgehead atoms. The van der Waals surface area contributed by atoms with Crippen molar-refractivity contribution in [1.82, 2.24) is 0 Å². The van der Waals surface area contributed by atoms with Crippen LogP contribution < -0.4 is 10.2 Å². The molecule has 1 atom stereocenters. The number of amides is 1. The number of halogens is 1. The standard InChI is InChI=1S/C15H23ClN2O3/c1-15(2,3)21-14(20)18(4)12-7-5-6-11(8-12)17-10-13(19)9-16/h5-8,13,17,19H,9-10H2,1-4H3. The quantitative estimate of drug-likeness (QED) is 0.820. The number of hydrogen-bond acceptors (Lipinski definition) is 4. The Hall–Kier alpha value is -1.46. The van der Waals surface area contributed by atoms with Crippen molar-refractivity contribution in [3.8, 4) is 0 Å². The van der Waals surface area contributed by atoms with Crippen LogP contribution in [0, 0.1) is 0 Å². The Kier molecular flexibility index (Phi) is 6.30. The van der Waals surface area contributed by atoms with Crippen LogP contribution in [0.1, 0.15) is 20.8 Å². The lowest BCUT2D eigenvalue weighted by Crippen LogP contribution is -2.34. The van der Waals surface area contributed by atoms with Crippen molar-refractivity contribution >= 4 is 29.1 Å². The third kappa shape index (κ3) is 6.23. The van der Waals surface area contributed by atoms with Gasteiger partial charge in [0.15, 0.2) is 0 Å². The molecule has 1 unspecified atom stereocenters. The number of hydrogen-bond donors (Lipinski definition) is 2. The van der Waals surface area contributed by atoms with Crippen LogP contribution in [-0.4, -0.2) is 42.4 Å². The van der Waals surface area contributed by atoms with E-state index in [2.05, 4.69) is 5.32 Å². The van der Waals surface area contributed by atoms with Crippen LogP contribution in [0.25, 0.3) is 0 Å². The molecule has 1 aromatic rings. The molecule has 0 aliphatic rings. The van der Waals surface area contributed by atoms with Gasteiger partial charge in [0, 0.05) is 25.0 Å². The second-order valence-corrected chi connectivity index (χ2v) is 6.09. The lowest BCUT2D eigenvalue weighted by Gasteiger charge is -2.25. The molecule has 1 rings (SSSR count). The van der Waals surface area contributed by atoms with Gasteiger partial charge < -0.3 is 15.2 Å². The summed E-state index contributed by atoms with van der Waals surface area (Å²) >= 11 is 5.54. The molecule has 2 N–H and O–H groups in total. The summed E-state index contributed by atoms with van der Waals surface area (Å²) in [6.07, 6.45) is -1.03. The van der Waals surface area contributed by atoms with E-state index in [0.717, 1.165) is 5.69 Å². The molecular weight excluding hydrogens is 292 g/mol. The number of nitrogens with zero attached hydrogens (tertiary/aromatic N) is 1. The summed E-state index contributed by atoms with van der Waals surface area (Å²) < 4.78 is 5.32. The number of benzene rings is 1. The molecule has 0 fully saturated rings. The second kappa shape index (κ2) is 7.52. The fraction of sp³-hybridized carbons (Fsp3) is 0.533. The van der Waals surface area contributed by atoms with Gasteiger partial charge in [-0.3, -0.25) is 4.90 Å². The van der Waals surface area contributed by atoms with Gasteiger partial charge in [0.1, 0.15) is 5.60 Å². The zero-order valence-electron chi connectivity index (χ0n) is 12.9. The van der Waals surface area contributed by atoms with Gasteiger partial charge in [-0.1, -0.05) is 6.07 Å². The van der Waals surface area contributed by atoms with E-state index in [-0.39, 0.29) is 5.88 Å². The first kappa shape index (κ1) is 17.6. The number of nitrogens with one attached hydrogen (secondary N) is 1. The molecule has 0 saturated carbocycles. The second-order valence-electron chi connectivity index (χ2n) is 5.78. The van der Waals surface area contributed by atoms with E-state index in [1.54, 1.807) is 7.05 Å². The largest absolute Gasteiger partial charge is 0.443 e. The Labute approximate surface area is 130 Å². The number of alkyl halides is 1. The first-order chi connectivity index (χ1) is 9.73. The normalized spacial score (nSPS) is 12.7. The summed E-state index contributed by atoms with van der Waals surface area (Å²) in [6, 6.07) is 7.30. The van der Waals surface area contributed by atoms with Crippen LogP contribution in [0.2, 0.25) is 0 Å². The maximum atomic E-state index is 12.0. The molecule has 0 saturated heterocycles. The zero-order chi connectivity index (χ0) is 16.0. The maximum absolute atomic E-state index is 12.0. The molecular formula is C15H23ClN2O3. The summed E-state index contributed by atoms with van der Waals surface area (Å²) in [5.41, 5.74) is 0.966. The van der Waals surface area contributed by atoms with Gasteiger partial charge in [-0.2, -0.15) is 0 Å². The van der Waals surface area contributed by atoms with Crippen molar-refractivity contribution in [2.24, 2.45) is 0 Å². The lowest BCUT2D eigenvalue weighted by atomic mass is 10.2. The number of anilines is 2. The minimum atomic E-state index is -0.612.